The van der Waals surface area contributed by atoms with E-state index in [9.17, 15) is 0 Å². The summed E-state index contributed by atoms with van der Waals surface area (Å²) in [5.74, 6) is 0. The lowest BCUT2D eigenvalue weighted by molar-refractivity contribution is 0.402. The molecule has 0 N–H and O–H groups in total. The highest BCUT2D eigenvalue weighted by atomic mass is 32.1. The summed E-state index contributed by atoms with van der Waals surface area (Å²) in [5.41, 5.74) is 2.64. The van der Waals surface area contributed by atoms with Crippen LogP contribution in [0.4, 0.5) is 0 Å². The van der Waals surface area contributed by atoms with E-state index in [2.05, 4.69) is 62.8 Å². The zero-order valence-corrected chi connectivity index (χ0v) is 9.38. The predicted octanol–water partition coefficient (Wildman–Crippen LogP) is 2.74. The third kappa shape index (κ3) is 3.41. The fourth-order valence-corrected chi connectivity index (χ4v) is 1.48. The molecule has 1 atom stereocenters. The smallest absolute Gasteiger partial charge is 0.0238 e. The van der Waals surface area contributed by atoms with Crippen LogP contribution in [0, 0.1) is 0 Å². The molecule has 0 saturated heterocycles. The van der Waals surface area contributed by atoms with E-state index in [-0.39, 0.29) is 0 Å². The lowest BCUT2D eigenvalue weighted by Gasteiger charge is -2.11. The van der Waals surface area contributed by atoms with Crippen molar-refractivity contribution in [3.63, 3.8) is 0 Å². The highest BCUT2D eigenvalue weighted by Gasteiger charge is 2.01. The van der Waals surface area contributed by atoms with Crippen LogP contribution in [0.25, 0.3) is 0 Å². The van der Waals surface area contributed by atoms with Gasteiger partial charge >= 0.3 is 0 Å². The lowest BCUT2D eigenvalue weighted by atomic mass is 10.1. The van der Waals surface area contributed by atoms with Gasteiger partial charge in [0, 0.05) is 11.8 Å². The van der Waals surface area contributed by atoms with Gasteiger partial charge in [0.05, 0.1) is 0 Å². The highest BCUT2D eigenvalue weighted by molar-refractivity contribution is 7.80. The summed E-state index contributed by atoms with van der Waals surface area (Å²) >= 11 is 4.41. The molecule has 72 valence electrons. The summed E-state index contributed by atoms with van der Waals surface area (Å²) in [6.07, 6.45) is 0. The number of hydrogen-bond donors (Lipinski definition) is 1. The molecule has 0 aromatic heterocycles. The Morgan fingerprint density at radius 1 is 1.38 bits per heavy atom. The van der Waals surface area contributed by atoms with Gasteiger partial charge in [-0.05, 0) is 32.1 Å². The van der Waals surface area contributed by atoms with Gasteiger partial charge in [0.25, 0.3) is 0 Å². The van der Waals surface area contributed by atoms with E-state index in [1.807, 2.05) is 0 Å². The standard InChI is InChI=1S/C11H17NS/c1-9(13)11-6-4-5-10(7-11)8-12(2)3/h4-7,9,13H,8H2,1-3H3. The van der Waals surface area contributed by atoms with Gasteiger partial charge in [0.15, 0.2) is 0 Å². The second kappa shape index (κ2) is 4.68. The predicted molar refractivity (Wildman–Crippen MR) is 61.2 cm³/mol. The molecule has 0 saturated carbocycles. The Hall–Kier alpha value is -0.470. The van der Waals surface area contributed by atoms with Gasteiger partial charge in [-0.25, -0.2) is 0 Å². The minimum Gasteiger partial charge on any atom is -0.305 e. The third-order valence-corrected chi connectivity index (χ3v) is 2.23. The second-order valence-electron chi connectivity index (χ2n) is 3.66. The van der Waals surface area contributed by atoms with E-state index in [4.69, 9.17) is 0 Å². The maximum Gasteiger partial charge on any atom is 0.0238 e. The van der Waals surface area contributed by atoms with Gasteiger partial charge < -0.3 is 4.90 Å². The van der Waals surface area contributed by atoms with E-state index in [1.54, 1.807) is 0 Å². The monoisotopic (exact) mass is 195 g/mol. The highest BCUT2D eigenvalue weighted by Crippen LogP contribution is 2.19. The van der Waals surface area contributed by atoms with Gasteiger partial charge in [0.1, 0.15) is 0 Å². The molecule has 1 unspecified atom stereocenters. The van der Waals surface area contributed by atoms with Crippen LogP contribution < -0.4 is 0 Å². The number of benzene rings is 1. The normalized spacial score (nSPS) is 13.3. The molecule has 0 heterocycles. The van der Waals surface area contributed by atoms with Crippen LogP contribution in [0.2, 0.25) is 0 Å². The van der Waals surface area contributed by atoms with Crippen molar-refractivity contribution >= 4 is 12.6 Å². The summed E-state index contributed by atoms with van der Waals surface area (Å²) in [6.45, 7) is 3.09. The molecule has 0 bridgehead atoms. The van der Waals surface area contributed by atoms with E-state index < -0.39 is 0 Å². The molecule has 0 spiro atoms. The molecule has 0 amide bonds. The van der Waals surface area contributed by atoms with Crippen molar-refractivity contribution in [2.24, 2.45) is 0 Å². The van der Waals surface area contributed by atoms with E-state index >= 15 is 0 Å². The van der Waals surface area contributed by atoms with E-state index in [1.165, 1.54) is 11.1 Å². The average Bonchev–Trinajstić information content (AvgIpc) is 2.03. The van der Waals surface area contributed by atoms with Crippen molar-refractivity contribution in [2.75, 3.05) is 14.1 Å². The Morgan fingerprint density at radius 2 is 2.08 bits per heavy atom. The molecule has 1 nitrogen and oxygen atoms in total. The van der Waals surface area contributed by atoms with Gasteiger partial charge in [-0.15, -0.1) is 0 Å². The van der Waals surface area contributed by atoms with Crippen LogP contribution >= 0.6 is 12.6 Å². The van der Waals surface area contributed by atoms with Crippen molar-refractivity contribution < 1.29 is 0 Å². The van der Waals surface area contributed by atoms with Gasteiger partial charge in [0.2, 0.25) is 0 Å². The minimum absolute atomic E-state index is 0.321. The van der Waals surface area contributed by atoms with Gasteiger partial charge in [-0.1, -0.05) is 24.3 Å². The first-order chi connectivity index (χ1) is 6.09. The molecule has 0 fully saturated rings. The topological polar surface area (TPSA) is 3.24 Å². The molecular weight excluding hydrogens is 178 g/mol. The average molecular weight is 195 g/mol. The van der Waals surface area contributed by atoms with Crippen molar-refractivity contribution in [1.29, 1.82) is 0 Å². The Kier molecular flexibility index (Phi) is 3.82. The molecule has 1 aromatic rings. The summed E-state index contributed by atoms with van der Waals surface area (Å²) in [6, 6.07) is 8.59. The first-order valence-corrected chi connectivity index (χ1v) is 5.03. The Balaban J connectivity index is 2.79. The second-order valence-corrected chi connectivity index (χ2v) is 4.43. The molecule has 0 aliphatic carbocycles. The first kappa shape index (κ1) is 10.6. The summed E-state index contributed by atoms with van der Waals surface area (Å²) in [5, 5.41) is 0.321. The van der Waals surface area contributed by atoms with Crippen molar-refractivity contribution in [3.05, 3.63) is 35.4 Å². The van der Waals surface area contributed by atoms with Crippen LogP contribution in [0.1, 0.15) is 23.3 Å². The Morgan fingerprint density at radius 3 is 2.62 bits per heavy atom. The maximum absolute atomic E-state index is 4.41. The molecule has 2 heteroatoms. The van der Waals surface area contributed by atoms with E-state index in [0.717, 1.165) is 6.54 Å². The Bertz CT molecular complexity index is 269. The van der Waals surface area contributed by atoms with Crippen molar-refractivity contribution in [2.45, 2.75) is 18.7 Å². The third-order valence-electron chi connectivity index (χ3n) is 1.93. The van der Waals surface area contributed by atoms with Gasteiger partial charge in [-0.3, -0.25) is 0 Å². The van der Waals surface area contributed by atoms with E-state index in [0.29, 0.717) is 5.25 Å². The number of thiol groups is 1. The van der Waals surface area contributed by atoms with Crippen LogP contribution in [0.5, 0.6) is 0 Å². The summed E-state index contributed by atoms with van der Waals surface area (Å²) < 4.78 is 0. The molecule has 0 aliphatic rings. The van der Waals surface area contributed by atoms with Crippen LogP contribution in [-0.4, -0.2) is 19.0 Å². The SMILES string of the molecule is CC(S)c1cccc(CN(C)C)c1. The molecule has 1 aromatic carbocycles. The van der Waals surface area contributed by atoms with Crippen LogP contribution in [-0.2, 0) is 6.54 Å². The molecule has 1 rings (SSSR count). The Labute approximate surface area is 86.2 Å². The first-order valence-electron chi connectivity index (χ1n) is 4.51. The fourth-order valence-electron chi connectivity index (χ4n) is 1.32. The molecular formula is C11H17NS. The molecule has 0 radical (unpaired) electrons. The van der Waals surface area contributed by atoms with Crippen molar-refractivity contribution in [1.82, 2.24) is 4.90 Å². The lowest BCUT2D eigenvalue weighted by Crippen LogP contribution is -2.10. The minimum atomic E-state index is 0.321. The number of nitrogens with zero attached hydrogens (tertiary/aromatic N) is 1. The summed E-state index contributed by atoms with van der Waals surface area (Å²) in [4.78, 5) is 2.17. The summed E-state index contributed by atoms with van der Waals surface area (Å²) in [7, 11) is 4.16. The fraction of sp³-hybridized carbons (Fsp3) is 0.455. The molecule has 13 heavy (non-hydrogen) atoms. The van der Waals surface area contributed by atoms with Gasteiger partial charge in [-0.2, -0.15) is 12.6 Å². The van der Waals surface area contributed by atoms with Crippen LogP contribution in [0.3, 0.4) is 0 Å². The quantitative estimate of drug-likeness (QED) is 0.726. The van der Waals surface area contributed by atoms with Crippen LogP contribution in [0.15, 0.2) is 24.3 Å². The zero-order valence-electron chi connectivity index (χ0n) is 8.49. The molecule has 0 aliphatic heterocycles. The number of rotatable bonds is 3. The maximum atomic E-state index is 4.41. The largest absolute Gasteiger partial charge is 0.305 e. The zero-order chi connectivity index (χ0) is 9.84. The van der Waals surface area contributed by atoms with Crippen molar-refractivity contribution in [3.8, 4) is 0 Å². The number of hydrogen-bond acceptors (Lipinski definition) is 2.